The van der Waals surface area contributed by atoms with Crippen molar-refractivity contribution in [3.05, 3.63) is 63.6 Å². The lowest BCUT2D eigenvalue weighted by atomic mass is 9.97. The molecule has 0 aliphatic carbocycles. The van der Waals surface area contributed by atoms with Crippen LogP contribution in [0.15, 0.2) is 46.9 Å². The van der Waals surface area contributed by atoms with Crippen molar-refractivity contribution in [3.63, 3.8) is 0 Å². The second-order valence-electron chi connectivity index (χ2n) is 5.37. The number of hydrogen-bond donors (Lipinski definition) is 2. The molecule has 0 heterocycles. The Hall–Kier alpha value is -1.36. The molecule has 1 unspecified atom stereocenters. The molecule has 0 aliphatic rings. The normalized spacial score (nSPS) is 12.5. The number of hydrogen-bond acceptors (Lipinski definition) is 3. The molecule has 0 radical (unpaired) electrons. The number of nitrogens with two attached hydrogens (primary N) is 1. The van der Waals surface area contributed by atoms with Gasteiger partial charge in [0.1, 0.15) is 5.75 Å². The maximum atomic E-state index is 5.90. The van der Waals surface area contributed by atoms with Crippen LogP contribution in [0.4, 0.5) is 0 Å². The van der Waals surface area contributed by atoms with E-state index in [1.807, 2.05) is 38.1 Å². The molecule has 0 aliphatic heterocycles. The highest BCUT2D eigenvalue weighted by Gasteiger charge is 2.18. The Morgan fingerprint density at radius 2 is 1.86 bits per heavy atom. The van der Waals surface area contributed by atoms with Crippen LogP contribution >= 0.6 is 15.9 Å². The standard InChI is InChI=1S/C17H21BrN2O/c1-11(2)21-16-7-5-4-6-15(16)17(20-19)13-8-12(3)9-14(18)10-13/h4-11,17,20H,19H2,1-3H3. The van der Waals surface area contributed by atoms with Gasteiger partial charge >= 0.3 is 0 Å². The molecule has 0 aromatic heterocycles. The van der Waals surface area contributed by atoms with Gasteiger partial charge in [0.25, 0.3) is 0 Å². The van der Waals surface area contributed by atoms with Crippen molar-refractivity contribution in [1.29, 1.82) is 0 Å². The second kappa shape index (κ2) is 7.07. The van der Waals surface area contributed by atoms with Crippen molar-refractivity contribution in [1.82, 2.24) is 5.43 Å². The zero-order valence-corrected chi connectivity index (χ0v) is 14.1. The zero-order chi connectivity index (χ0) is 15.4. The van der Waals surface area contributed by atoms with Crippen LogP contribution in [0, 0.1) is 6.92 Å². The summed E-state index contributed by atoms with van der Waals surface area (Å²) in [6.07, 6.45) is 0.119. The molecule has 3 N–H and O–H groups in total. The quantitative estimate of drug-likeness (QED) is 0.631. The summed E-state index contributed by atoms with van der Waals surface area (Å²) in [6, 6.07) is 14.1. The summed E-state index contributed by atoms with van der Waals surface area (Å²) in [7, 11) is 0. The molecule has 112 valence electrons. The monoisotopic (exact) mass is 348 g/mol. The highest BCUT2D eigenvalue weighted by molar-refractivity contribution is 9.10. The van der Waals surface area contributed by atoms with Gasteiger partial charge in [-0.05, 0) is 50.1 Å². The van der Waals surface area contributed by atoms with E-state index in [2.05, 4.69) is 46.5 Å². The van der Waals surface area contributed by atoms with Crippen molar-refractivity contribution in [2.24, 2.45) is 5.84 Å². The molecule has 2 rings (SSSR count). The molecule has 0 fully saturated rings. The fourth-order valence-electron chi connectivity index (χ4n) is 2.38. The zero-order valence-electron chi connectivity index (χ0n) is 12.6. The molecule has 0 bridgehead atoms. The summed E-state index contributed by atoms with van der Waals surface area (Å²) >= 11 is 3.54. The summed E-state index contributed by atoms with van der Waals surface area (Å²) in [5.41, 5.74) is 6.22. The number of hydrazine groups is 1. The van der Waals surface area contributed by atoms with Crippen LogP contribution in [-0.2, 0) is 0 Å². The van der Waals surface area contributed by atoms with Gasteiger partial charge in [-0.25, -0.2) is 5.43 Å². The fourth-order valence-corrected chi connectivity index (χ4v) is 3.00. The van der Waals surface area contributed by atoms with Crippen LogP contribution in [0.1, 0.15) is 36.6 Å². The maximum absolute atomic E-state index is 5.90. The van der Waals surface area contributed by atoms with Gasteiger partial charge in [-0.15, -0.1) is 0 Å². The largest absolute Gasteiger partial charge is 0.491 e. The second-order valence-corrected chi connectivity index (χ2v) is 6.28. The Kier molecular flexibility index (Phi) is 5.39. The molecule has 2 aromatic rings. The van der Waals surface area contributed by atoms with E-state index in [9.17, 15) is 0 Å². The molecule has 1 atom stereocenters. The van der Waals surface area contributed by atoms with Gasteiger partial charge in [0.15, 0.2) is 0 Å². The van der Waals surface area contributed by atoms with E-state index in [4.69, 9.17) is 10.6 Å². The SMILES string of the molecule is Cc1cc(Br)cc(C(NN)c2ccccc2OC(C)C)c1. The minimum atomic E-state index is -0.115. The number of benzene rings is 2. The first-order chi connectivity index (χ1) is 10.0. The molecule has 0 amide bonds. The average Bonchev–Trinajstić information content (AvgIpc) is 2.40. The van der Waals surface area contributed by atoms with Crippen molar-refractivity contribution < 1.29 is 4.74 Å². The summed E-state index contributed by atoms with van der Waals surface area (Å²) in [6.45, 7) is 6.11. The Morgan fingerprint density at radius 1 is 1.14 bits per heavy atom. The van der Waals surface area contributed by atoms with Crippen LogP contribution in [-0.4, -0.2) is 6.10 Å². The number of nitrogens with one attached hydrogen (secondary N) is 1. The highest BCUT2D eigenvalue weighted by Crippen LogP contribution is 2.31. The lowest BCUT2D eigenvalue weighted by molar-refractivity contribution is 0.238. The summed E-state index contributed by atoms with van der Waals surface area (Å²) in [5, 5.41) is 0. The van der Waals surface area contributed by atoms with Gasteiger partial charge in [0.2, 0.25) is 0 Å². The molecule has 21 heavy (non-hydrogen) atoms. The van der Waals surface area contributed by atoms with Gasteiger partial charge in [0, 0.05) is 10.0 Å². The third-order valence-corrected chi connectivity index (χ3v) is 3.61. The smallest absolute Gasteiger partial charge is 0.124 e. The third kappa shape index (κ3) is 4.06. The Balaban J connectivity index is 2.46. The predicted molar refractivity (Wildman–Crippen MR) is 90.3 cm³/mol. The number of aryl methyl sites for hydroxylation is 1. The van der Waals surface area contributed by atoms with E-state index in [0.29, 0.717) is 0 Å². The minimum Gasteiger partial charge on any atom is -0.491 e. The molecule has 0 saturated carbocycles. The van der Waals surface area contributed by atoms with E-state index in [1.165, 1.54) is 5.56 Å². The Labute approximate surface area is 134 Å². The van der Waals surface area contributed by atoms with E-state index in [0.717, 1.165) is 21.3 Å². The molecular formula is C17H21BrN2O. The number of para-hydroxylation sites is 1. The van der Waals surface area contributed by atoms with E-state index in [1.54, 1.807) is 0 Å². The van der Waals surface area contributed by atoms with Gasteiger partial charge in [0.05, 0.1) is 12.1 Å². The molecular weight excluding hydrogens is 328 g/mol. The lowest BCUT2D eigenvalue weighted by Gasteiger charge is -2.22. The third-order valence-electron chi connectivity index (χ3n) is 3.16. The van der Waals surface area contributed by atoms with Crippen LogP contribution in [0.2, 0.25) is 0 Å². The number of ether oxygens (including phenoxy) is 1. The van der Waals surface area contributed by atoms with E-state index in [-0.39, 0.29) is 12.1 Å². The van der Waals surface area contributed by atoms with Crippen molar-refractivity contribution >= 4 is 15.9 Å². The van der Waals surface area contributed by atoms with Crippen LogP contribution in [0.5, 0.6) is 5.75 Å². The van der Waals surface area contributed by atoms with Gasteiger partial charge < -0.3 is 4.74 Å². The van der Waals surface area contributed by atoms with Gasteiger partial charge in [-0.2, -0.15) is 0 Å². The Morgan fingerprint density at radius 3 is 2.48 bits per heavy atom. The fraction of sp³-hybridized carbons (Fsp3) is 0.294. The van der Waals surface area contributed by atoms with Gasteiger partial charge in [-0.3, -0.25) is 5.84 Å². The lowest BCUT2D eigenvalue weighted by Crippen LogP contribution is -2.29. The Bertz CT molecular complexity index is 593. The summed E-state index contributed by atoms with van der Waals surface area (Å²) in [4.78, 5) is 0. The van der Waals surface area contributed by atoms with Crippen LogP contribution < -0.4 is 16.0 Å². The molecule has 0 spiro atoms. The summed E-state index contributed by atoms with van der Waals surface area (Å²) < 4.78 is 6.94. The number of halogens is 1. The maximum Gasteiger partial charge on any atom is 0.124 e. The topological polar surface area (TPSA) is 47.3 Å². The van der Waals surface area contributed by atoms with Crippen molar-refractivity contribution in [2.75, 3.05) is 0 Å². The summed E-state index contributed by atoms with van der Waals surface area (Å²) in [5.74, 6) is 6.67. The minimum absolute atomic E-state index is 0.115. The first-order valence-electron chi connectivity index (χ1n) is 7.00. The molecule has 2 aromatic carbocycles. The van der Waals surface area contributed by atoms with E-state index >= 15 is 0 Å². The highest BCUT2D eigenvalue weighted by atomic mass is 79.9. The van der Waals surface area contributed by atoms with Crippen molar-refractivity contribution in [3.8, 4) is 5.75 Å². The first-order valence-corrected chi connectivity index (χ1v) is 7.79. The number of rotatable bonds is 5. The first kappa shape index (κ1) is 16.0. The predicted octanol–water partition coefficient (Wildman–Crippen LogP) is 4.10. The molecule has 4 heteroatoms. The molecule has 0 saturated heterocycles. The van der Waals surface area contributed by atoms with Crippen LogP contribution in [0.25, 0.3) is 0 Å². The van der Waals surface area contributed by atoms with Crippen LogP contribution in [0.3, 0.4) is 0 Å². The average molecular weight is 349 g/mol. The van der Waals surface area contributed by atoms with E-state index < -0.39 is 0 Å². The van der Waals surface area contributed by atoms with Gasteiger partial charge in [-0.1, -0.05) is 40.2 Å². The molecule has 3 nitrogen and oxygen atoms in total. The van der Waals surface area contributed by atoms with Crippen molar-refractivity contribution in [2.45, 2.75) is 32.9 Å².